The normalized spacial score (nSPS) is 10.9. The Morgan fingerprint density at radius 1 is 1.35 bits per heavy atom. The van der Waals surface area contributed by atoms with Crippen molar-refractivity contribution in [1.29, 1.82) is 0 Å². The molecule has 0 radical (unpaired) electrons. The molecule has 0 aliphatic carbocycles. The van der Waals surface area contributed by atoms with Crippen LogP contribution in [0.4, 0.5) is 5.69 Å². The lowest BCUT2D eigenvalue weighted by Gasteiger charge is -2.21. The number of nitrogen functional groups attached to an aromatic ring is 1. The van der Waals surface area contributed by atoms with E-state index in [9.17, 15) is 9.59 Å². The molecule has 2 amide bonds. The quantitative estimate of drug-likeness (QED) is 0.605. The Hall–Kier alpha value is -2.30. The maximum absolute atomic E-state index is 12.1. The van der Waals surface area contributed by atoms with Crippen LogP contribution < -0.4 is 11.5 Å². The lowest BCUT2D eigenvalue weighted by Crippen LogP contribution is -2.39. The summed E-state index contributed by atoms with van der Waals surface area (Å²) in [6.07, 6.45) is 3.10. The van der Waals surface area contributed by atoms with Crippen molar-refractivity contribution in [1.82, 2.24) is 4.90 Å². The molecule has 4 N–H and O–H groups in total. The summed E-state index contributed by atoms with van der Waals surface area (Å²) in [6, 6.07) is 7.21. The van der Waals surface area contributed by atoms with Crippen molar-refractivity contribution in [3.05, 3.63) is 35.9 Å². The first-order valence-corrected chi connectivity index (χ1v) is 6.49. The zero-order chi connectivity index (χ0) is 15.1. The van der Waals surface area contributed by atoms with Crippen LogP contribution in [0.5, 0.6) is 0 Å². The predicted octanol–water partition coefficient (Wildman–Crippen LogP) is 1.25. The third kappa shape index (κ3) is 5.56. The van der Waals surface area contributed by atoms with Crippen molar-refractivity contribution < 1.29 is 9.59 Å². The van der Waals surface area contributed by atoms with Gasteiger partial charge in [0.15, 0.2) is 0 Å². The van der Waals surface area contributed by atoms with Crippen LogP contribution in [0.1, 0.15) is 19.4 Å². The van der Waals surface area contributed by atoms with Crippen LogP contribution in [0.15, 0.2) is 30.3 Å². The monoisotopic (exact) mass is 275 g/mol. The molecule has 0 aliphatic heterocycles. The second kappa shape index (κ2) is 7.33. The van der Waals surface area contributed by atoms with Crippen molar-refractivity contribution in [3.63, 3.8) is 0 Å². The van der Waals surface area contributed by atoms with Gasteiger partial charge in [0.1, 0.15) is 0 Å². The second-order valence-electron chi connectivity index (χ2n) is 5.08. The second-order valence-corrected chi connectivity index (χ2v) is 5.08. The Kier molecular flexibility index (Phi) is 5.77. The fraction of sp³-hybridized carbons (Fsp3) is 0.333. The van der Waals surface area contributed by atoms with Crippen molar-refractivity contribution in [2.75, 3.05) is 18.8 Å². The summed E-state index contributed by atoms with van der Waals surface area (Å²) in [5.74, 6) is -0.490. The van der Waals surface area contributed by atoms with Gasteiger partial charge in [0.05, 0.1) is 6.54 Å². The van der Waals surface area contributed by atoms with E-state index in [0.717, 1.165) is 5.56 Å². The van der Waals surface area contributed by atoms with E-state index in [4.69, 9.17) is 11.5 Å². The third-order valence-corrected chi connectivity index (χ3v) is 2.57. The first-order valence-electron chi connectivity index (χ1n) is 6.49. The molecule has 0 unspecified atom stereocenters. The number of hydrogen-bond donors (Lipinski definition) is 2. The van der Waals surface area contributed by atoms with Gasteiger partial charge in [-0.3, -0.25) is 9.59 Å². The zero-order valence-corrected chi connectivity index (χ0v) is 11.9. The molecule has 1 rings (SSSR count). The van der Waals surface area contributed by atoms with E-state index in [0.29, 0.717) is 12.2 Å². The van der Waals surface area contributed by atoms with E-state index < -0.39 is 5.91 Å². The topological polar surface area (TPSA) is 89.4 Å². The van der Waals surface area contributed by atoms with Crippen LogP contribution >= 0.6 is 0 Å². The highest BCUT2D eigenvalue weighted by molar-refractivity contribution is 5.94. The lowest BCUT2D eigenvalue weighted by molar-refractivity contribution is -0.131. The Bertz CT molecular complexity index is 510. The van der Waals surface area contributed by atoms with Crippen LogP contribution in [-0.2, 0) is 9.59 Å². The molecule has 0 atom stereocenters. The van der Waals surface area contributed by atoms with Crippen molar-refractivity contribution in [2.24, 2.45) is 11.7 Å². The van der Waals surface area contributed by atoms with Gasteiger partial charge in [-0.25, -0.2) is 0 Å². The Morgan fingerprint density at radius 3 is 2.60 bits per heavy atom. The maximum atomic E-state index is 12.1. The number of carbonyl (C=O) groups excluding carboxylic acids is 2. The summed E-state index contributed by atoms with van der Waals surface area (Å²) >= 11 is 0. The minimum absolute atomic E-state index is 0.0711. The minimum Gasteiger partial charge on any atom is -0.399 e. The Morgan fingerprint density at radius 2 is 2.05 bits per heavy atom. The highest BCUT2D eigenvalue weighted by Crippen LogP contribution is 2.09. The van der Waals surface area contributed by atoms with E-state index in [1.807, 2.05) is 26.0 Å². The van der Waals surface area contributed by atoms with Crippen LogP contribution in [0.25, 0.3) is 6.08 Å². The maximum Gasteiger partial charge on any atom is 0.247 e. The summed E-state index contributed by atoms with van der Waals surface area (Å²) in [4.78, 5) is 24.5. The molecule has 0 heterocycles. The van der Waals surface area contributed by atoms with Gasteiger partial charge >= 0.3 is 0 Å². The number of amides is 2. The summed E-state index contributed by atoms with van der Waals surface area (Å²) in [5.41, 5.74) is 12.3. The molecule has 0 aromatic heterocycles. The molecule has 0 saturated heterocycles. The average molecular weight is 275 g/mol. The van der Waals surface area contributed by atoms with Crippen LogP contribution in [0.3, 0.4) is 0 Å². The fourth-order valence-electron chi connectivity index (χ4n) is 1.80. The molecule has 0 aliphatic rings. The zero-order valence-electron chi connectivity index (χ0n) is 11.9. The lowest BCUT2D eigenvalue weighted by atomic mass is 10.1. The molecule has 0 fully saturated rings. The molecule has 5 heteroatoms. The van der Waals surface area contributed by atoms with Gasteiger partial charge in [0, 0.05) is 18.3 Å². The predicted molar refractivity (Wildman–Crippen MR) is 80.5 cm³/mol. The average Bonchev–Trinajstić information content (AvgIpc) is 2.34. The van der Waals surface area contributed by atoms with Gasteiger partial charge in [0.25, 0.3) is 0 Å². The number of hydrogen-bond acceptors (Lipinski definition) is 3. The minimum atomic E-state index is -0.517. The number of nitrogens with two attached hydrogens (primary N) is 2. The molecule has 0 saturated carbocycles. The molecule has 5 nitrogen and oxygen atoms in total. The van der Waals surface area contributed by atoms with E-state index in [-0.39, 0.29) is 18.4 Å². The SMILES string of the molecule is CC(C)CN(CC(N)=O)C(=O)/C=C/c1cccc(N)c1. The van der Waals surface area contributed by atoms with E-state index in [1.165, 1.54) is 11.0 Å². The standard InChI is InChI=1S/C15H21N3O2/c1-11(2)9-18(10-14(17)19)15(20)7-6-12-4-3-5-13(16)8-12/h3-8,11H,9-10,16H2,1-2H3,(H2,17,19)/b7-6+. The van der Waals surface area contributed by atoms with Crippen molar-refractivity contribution in [2.45, 2.75) is 13.8 Å². The first-order chi connectivity index (χ1) is 9.38. The first kappa shape index (κ1) is 15.8. The van der Waals surface area contributed by atoms with Gasteiger partial charge < -0.3 is 16.4 Å². The van der Waals surface area contributed by atoms with Crippen molar-refractivity contribution >= 4 is 23.6 Å². The van der Waals surface area contributed by atoms with E-state index in [2.05, 4.69) is 0 Å². The summed E-state index contributed by atoms with van der Waals surface area (Å²) in [5, 5.41) is 0. The molecule has 1 aromatic rings. The number of nitrogens with zero attached hydrogens (tertiary/aromatic N) is 1. The molecular formula is C15H21N3O2. The summed E-state index contributed by atoms with van der Waals surface area (Å²) < 4.78 is 0. The van der Waals surface area contributed by atoms with Gasteiger partial charge in [-0.15, -0.1) is 0 Å². The number of anilines is 1. The van der Waals surface area contributed by atoms with Crippen LogP contribution in [0.2, 0.25) is 0 Å². The molecule has 1 aromatic carbocycles. The van der Waals surface area contributed by atoms with Crippen molar-refractivity contribution in [3.8, 4) is 0 Å². The molecule has 20 heavy (non-hydrogen) atoms. The molecular weight excluding hydrogens is 254 g/mol. The highest BCUT2D eigenvalue weighted by atomic mass is 16.2. The largest absolute Gasteiger partial charge is 0.399 e. The Balaban J connectivity index is 2.76. The number of primary amides is 1. The van der Waals surface area contributed by atoms with E-state index >= 15 is 0 Å². The van der Waals surface area contributed by atoms with E-state index in [1.54, 1.807) is 18.2 Å². The fourth-order valence-corrected chi connectivity index (χ4v) is 1.80. The Labute approximate surface area is 119 Å². The van der Waals surface area contributed by atoms with Gasteiger partial charge in [-0.1, -0.05) is 26.0 Å². The van der Waals surface area contributed by atoms with Crippen LogP contribution in [-0.4, -0.2) is 29.8 Å². The number of rotatable bonds is 6. The number of benzene rings is 1. The molecule has 108 valence electrons. The molecule has 0 spiro atoms. The van der Waals surface area contributed by atoms with Gasteiger partial charge in [0.2, 0.25) is 11.8 Å². The summed E-state index contributed by atoms with van der Waals surface area (Å²) in [6.45, 7) is 4.37. The molecule has 0 bridgehead atoms. The highest BCUT2D eigenvalue weighted by Gasteiger charge is 2.14. The van der Waals surface area contributed by atoms with Crippen LogP contribution in [0, 0.1) is 5.92 Å². The number of carbonyl (C=O) groups is 2. The smallest absolute Gasteiger partial charge is 0.247 e. The van der Waals surface area contributed by atoms with Gasteiger partial charge in [-0.2, -0.15) is 0 Å². The van der Waals surface area contributed by atoms with Gasteiger partial charge in [-0.05, 0) is 29.7 Å². The third-order valence-electron chi connectivity index (χ3n) is 2.57. The summed E-state index contributed by atoms with van der Waals surface area (Å²) in [7, 11) is 0.